The van der Waals surface area contributed by atoms with E-state index in [0.29, 0.717) is 22.9 Å². The number of aromatic nitrogens is 4. The molecular weight excluding hydrogens is 348 g/mol. The number of likely N-dealkylation sites (N-methyl/N-ethyl adjacent to an activating group) is 1. The van der Waals surface area contributed by atoms with Crippen molar-refractivity contribution in [2.24, 2.45) is 0 Å². The molecule has 8 nitrogen and oxygen atoms in total. The van der Waals surface area contributed by atoms with Crippen LogP contribution in [0, 0.1) is 6.92 Å². The summed E-state index contributed by atoms with van der Waals surface area (Å²) in [6, 6.07) is 7.16. The fourth-order valence-electron chi connectivity index (χ4n) is 2.65. The second-order valence-corrected chi connectivity index (χ2v) is 9.28. The Morgan fingerprint density at radius 3 is 2.75 bits per heavy atom. The van der Waals surface area contributed by atoms with Gasteiger partial charge in [-0.15, -0.1) is 26.6 Å². The number of aryl methyl sites for hydroxylation is 1. The zero-order valence-electron chi connectivity index (χ0n) is 13.2. The van der Waals surface area contributed by atoms with Gasteiger partial charge in [0.1, 0.15) is 16.4 Å². The molecule has 24 heavy (non-hydrogen) atoms. The lowest BCUT2D eigenvalue weighted by atomic mass is 10.1. The van der Waals surface area contributed by atoms with Crippen molar-refractivity contribution in [3.8, 4) is 0 Å². The smallest absolute Gasteiger partial charge is 0.252 e. The molecule has 0 unspecified atom stereocenters. The number of thiophene rings is 1. The van der Waals surface area contributed by atoms with E-state index in [2.05, 4.69) is 15.3 Å². The van der Waals surface area contributed by atoms with Crippen molar-refractivity contribution in [1.29, 1.82) is 0 Å². The van der Waals surface area contributed by atoms with Crippen molar-refractivity contribution in [2.45, 2.75) is 17.2 Å². The molecule has 0 saturated carbocycles. The van der Waals surface area contributed by atoms with Crippen molar-refractivity contribution in [3.63, 3.8) is 0 Å². The second kappa shape index (κ2) is 5.50. The van der Waals surface area contributed by atoms with Gasteiger partial charge in [0.2, 0.25) is 0 Å². The van der Waals surface area contributed by atoms with Crippen LogP contribution in [0.2, 0.25) is 0 Å². The lowest BCUT2D eigenvalue weighted by Gasteiger charge is -2.43. The van der Waals surface area contributed by atoms with Crippen LogP contribution in [0.4, 0.5) is 5.82 Å². The molecule has 0 aliphatic carbocycles. The maximum absolute atomic E-state index is 12.6. The molecule has 1 saturated heterocycles. The predicted molar refractivity (Wildman–Crippen MR) is 90.8 cm³/mol. The summed E-state index contributed by atoms with van der Waals surface area (Å²) in [6.45, 7) is 3.13. The Balaban J connectivity index is 1.48. The van der Waals surface area contributed by atoms with Crippen molar-refractivity contribution >= 4 is 32.8 Å². The highest BCUT2D eigenvalue weighted by Crippen LogP contribution is 2.28. The number of anilines is 1. The number of nitrogens with zero attached hydrogens (tertiary/aromatic N) is 6. The third-order valence-electron chi connectivity index (χ3n) is 4.20. The molecule has 1 aliphatic rings. The Kier molecular flexibility index (Phi) is 3.55. The SMILES string of the molecule is Cc1ccc(S(=O)(=O)N(C)C2CN(c3ccc4nncn4n3)C2)s1. The van der Waals surface area contributed by atoms with Crippen LogP contribution in [-0.2, 0) is 10.0 Å². The highest BCUT2D eigenvalue weighted by Gasteiger charge is 2.37. The van der Waals surface area contributed by atoms with Crippen LogP contribution >= 0.6 is 11.3 Å². The molecule has 126 valence electrons. The number of rotatable bonds is 4. The molecule has 0 bridgehead atoms. The second-order valence-electron chi connectivity index (χ2n) is 5.77. The molecule has 0 N–H and O–H groups in total. The van der Waals surface area contributed by atoms with Crippen molar-refractivity contribution < 1.29 is 8.42 Å². The van der Waals surface area contributed by atoms with Gasteiger partial charge in [-0.2, -0.15) is 8.82 Å². The van der Waals surface area contributed by atoms with E-state index < -0.39 is 10.0 Å². The standard InChI is InChI=1S/C14H16N6O2S2/c1-10-3-6-14(23-10)24(21,22)18(2)11-7-19(8-11)13-5-4-12-16-15-9-20(12)17-13/h3-6,9,11H,7-8H2,1-2H3. The molecule has 10 heteroatoms. The van der Waals surface area contributed by atoms with Crippen LogP contribution < -0.4 is 4.90 Å². The van der Waals surface area contributed by atoms with Gasteiger partial charge in [-0.3, -0.25) is 0 Å². The third kappa shape index (κ3) is 2.46. The number of sulfonamides is 1. The summed E-state index contributed by atoms with van der Waals surface area (Å²) in [5, 5.41) is 12.1. The summed E-state index contributed by atoms with van der Waals surface area (Å²) in [7, 11) is -1.79. The molecule has 3 aromatic heterocycles. The third-order valence-corrected chi connectivity index (χ3v) is 7.58. The fraction of sp³-hybridized carbons (Fsp3) is 0.357. The minimum atomic E-state index is -3.43. The number of hydrogen-bond donors (Lipinski definition) is 0. The van der Waals surface area contributed by atoms with Gasteiger partial charge in [0.05, 0.1) is 6.04 Å². The average Bonchev–Trinajstić information content (AvgIpc) is 3.13. The normalized spacial score (nSPS) is 16.0. The number of hydrogen-bond acceptors (Lipinski definition) is 7. The van der Waals surface area contributed by atoms with Crippen LogP contribution in [0.3, 0.4) is 0 Å². The molecule has 0 amide bonds. The van der Waals surface area contributed by atoms with E-state index in [4.69, 9.17) is 0 Å². The summed E-state index contributed by atoms with van der Waals surface area (Å²) in [5.74, 6) is 0.788. The maximum atomic E-state index is 12.6. The summed E-state index contributed by atoms with van der Waals surface area (Å²) in [6.07, 6.45) is 1.55. The lowest BCUT2D eigenvalue weighted by Crippen LogP contribution is -2.60. The highest BCUT2D eigenvalue weighted by atomic mass is 32.2. The molecule has 4 rings (SSSR count). The highest BCUT2D eigenvalue weighted by molar-refractivity contribution is 7.91. The fourth-order valence-corrected chi connectivity index (χ4v) is 5.46. The van der Waals surface area contributed by atoms with Crippen LogP contribution in [0.1, 0.15) is 4.88 Å². The summed E-state index contributed by atoms with van der Waals surface area (Å²) < 4.78 is 28.8. The Morgan fingerprint density at radius 1 is 1.25 bits per heavy atom. The van der Waals surface area contributed by atoms with Gasteiger partial charge < -0.3 is 4.90 Å². The van der Waals surface area contributed by atoms with Gasteiger partial charge in [-0.1, -0.05) is 0 Å². The molecule has 4 heterocycles. The first kappa shape index (κ1) is 15.5. The van der Waals surface area contributed by atoms with Gasteiger partial charge in [-0.05, 0) is 31.2 Å². The minimum absolute atomic E-state index is 0.0594. The van der Waals surface area contributed by atoms with E-state index in [9.17, 15) is 8.42 Å². The Bertz CT molecular complexity index is 990. The molecule has 1 fully saturated rings. The van der Waals surface area contributed by atoms with Crippen LogP contribution in [0.25, 0.3) is 5.65 Å². The van der Waals surface area contributed by atoms with Crippen molar-refractivity contribution in [2.75, 3.05) is 25.0 Å². The van der Waals surface area contributed by atoms with Crippen molar-refractivity contribution in [3.05, 3.63) is 35.5 Å². The molecule has 1 aliphatic heterocycles. The zero-order chi connectivity index (χ0) is 16.9. The van der Waals surface area contributed by atoms with Crippen LogP contribution in [-0.4, -0.2) is 58.7 Å². The Labute approximate surface area is 143 Å². The Hall–Kier alpha value is -2.04. The summed E-state index contributed by atoms with van der Waals surface area (Å²) in [5.41, 5.74) is 0.684. The van der Waals surface area contributed by atoms with Gasteiger partial charge in [0, 0.05) is 25.0 Å². The maximum Gasteiger partial charge on any atom is 0.252 e. The lowest BCUT2D eigenvalue weighted by molar-refractivity contribution is 0.309. The first-order valence-electron chi connectivity index (χ1n) is 7.41. The van der Waals surface area contributed by atoms with E-state index in [0.717, 1.165) is 10.7 Å². The minimum Gasteiger partial charge on any atom is -0.352 e. The number of fused-ring (bicyclic) bond motifs is 1. The average molecular weight is 364 g/mol. The monoisotopic (exact) mass is 364 g/mol. The Morgan fingerprint density at radius 2 is 2.04 bits per heavy atom. The summed E-state index contributed by atoms with van der Waals surface area (Å²) in [4.78, 5) is 3.03. The largest absolute Gasteiger partial charge is 0.352 e. The van der Waals surface area contributed by atoms with Crippen LogP contribution in [0.5, 0.6) is 0 Å². The molecule has 0 atom stereocenters. The van der Waals surface area contributed by atoms with Crippen molar-refractivity contribution in [1.82, 2.24) is 24.1 Å². The van der Waals surface area contributed by atoms with Crippen LogP contribution in [0.15, 0.2) is 34.8 Å². The van der Waals surface area contributed by atoms with Gasteiger partial charge in [-0.25, -0.2) is 8.42 Å². The van der Waals surface area contributed by atoms with E-state index >= 15 is 0 Å². The molecule has 0 radical (unpaired) electrons. The van der Waals surface area contributed by atoms with Gasteiger partial charge in [0.25, 0.3) is 10.0 Å². The van der Waals surface area contributed by atoms with E-state index in [1.807, 2.05) is 30.0 Å². The molecule has 0 spiro atoms. The predicted octanol–water partition coefficient (Wildman–Crippen LogP) is 1.00. The first-order valence-corrected chi connectivity index (χ1v) is 9.67. The van der Waals surface area contributed by atoms with Gasteiger partial charge >= 0.3 is 0 Å². The van der Waals surface area contributed by atoms with E-state index in [1.54, 1.807) is 24.0 Å². The molecule has 0 aromatic carbocycles. The molecule has 3 aromatic rings. The van der Waals surface area contributed by atoms with E-state index in [-0.39, 0.29) is 6.04 Å². The van der Waals surface area contributed by atoms with E-state index in [1.165, 1.54) is 15.6 Å². The van der Waals surface area contributed by atoms with Gasteiger partial charge in [0.15, 0.2) is 5.65 Å². The topological polar surface area (TPSA) is 83.7 Å². The quantitative estimate of drug-likeness (QED) is 0.687. The zero-order valence-corrected chi connectivity index (χ0v) is 14.8. The first-order chi connectivity index (χ1) is 11.4. The summed E-state index contributed by atoms with van der Waals surface area (Å²) >= 11 is 1.30. The molecular formula is C14H16N6O2S2.